The summed E-state index contributed by atoms with van der Waals surface area (Å²) >= 11 is 0. The van der Waals surface area contributed by atoms with Crippen LogP contribution in [-0.4, -0.2) is 75.2 Å². The maximum atomic E-state index is 11.9. The Kier molecular flexibility index (Phi) is 8.35. The van der Waals surface area contributed by atoms with E-state index in [2.05, 4.69) is 20.4 Å². The van der Waals surface area contributed by atoms with Crippen molar-refractivity contribution >= 4 is 11.9 Å². The Morgan fingerprint density at radius 1 is 1.04 bits per heavy atom. The number of urea groups is 1. The zero-order valence-corrected chi connectivity index (χ0v) is 16.4. The van der Waals surface area contributed by atoms with Crippen molar-refractivity contribution in [3.8, 4) is 11.5 Å². The van der Waals surface area contributed by atoms with Gasteiger partial charge in [-0.15, -0.1) is 0 Å². The fraction of sp³-hybridized carbons (Fsp3) is 0.579. The van der Waals surface area contributed by atoms with Gasteiger partial charge < -0.3 is 14.8 Å². The number of carbonyl (C=O) groups excluding carboxylic acids is 2. The van der Waals surface area contributed by atoms with E-state index in [-0.39, 0.29) is 12.5 Å². The van der Waals surface area contributed by atoms with Crippen LogP contribution in [0.5, 0.6) is 11.5 Å². The first-order valence-electron chi connectivity index (χ1n) is 9.29. The number of rotatable bonds is 8. The Bertz CT molecular complexity index is 630. The second-order valence-corrected chi connectivity index (χ2v) is 6.55. The maximum absolute atomic E-state index is 11.9. The Hall–Kier alpha value is -2.32. The third-order valence-corrected chi connectivity index (χ3v) is 4.47. The largest absolute Gasteiger partial charge is 0.493 e. The van der Waals surface area contributed by atoms with Gasteiger partial charge in [-0.05, 0) is 24.1 Å². The molecule has 0 aromatic heterocycles. The number of nitrogens with one attached hydrogen (secondary N) is 2. The maximum Gasteiger partial charge on any atom is 0.321 e. The van der Waals surface area contributed by atoms with Gasteiger partial charge in [-0.2, -0.15) is 0 Å². The summed E-state index contributed by atoms with van der Waals surface area (Å²) in [5, 5.41) is 5.00. The van der Waals surface area contributed by atoms with Crippen LogP contribution in [0.25, 0.3) is 0 Å². The van der Waals surface area contributed by atoms with E-state index in [1.807, 2.05) is 25.1 Å². The minimum atomic E-state index is -0.422. The lowest BCUT2D eigenvalue weighted by Gasteiger charge is -2.34. The number of benzene rings is 1. The quantitative estimate of drug-likeness (QED) is 0.704. The SMILES string of the molecule is CCCNC(=O)NC(=O)CN1CCN(Cc2ccc(OC)c(OC)c2)CC1. The van der Waals surface area contributed by atoms with E-state index in [1.165, 1.54) is 0 Å². The van der Waals surface area contributed by atoms with E-state index in [0.717, 1.165) is 56.2 Å². The van der Waals surface area contributed by atoms with Gasteiger partial charge in [-0.25, -0.2) is 4.79 Å². The summed E-state index contributed by atoms with van der Waals surface area (Å²) in [6, 6.07) is 5.52. The number of methoxy groups -OCH3 is 2. The molecular weight excluding hydrogens is 348 g/mol. The molecule has 150 valence electrons. The number of nitrogens with zero attached hydrogens (tertiary/aromatic N) is 2. The first-order valence-corrected chi connectivity index (χ1v) is 9.29. The first kappa shape index (κ1) is 21.0. The zero-order valence-electron chi connectivity index (χ0n) is 16.4. The highest BCUT2D eigenvalue weighted by Gasteiger charge is 2.20. The van der Waals surface area contributed by atoms with Crippen LogP contribution in [0.15, 0.2) is 18.2 Å². The van der Waals surface area contributed by atoms with Crippen molar-refractivity contribution < 1.29 is 19.1 Å². The molecule has 1 heterocycles. The molecule has 1 aromatic carbocycles. The Morgan fingerprint density at radius 3 is 2.33 bits per heavy atom. The molecule has 0 atom stereocenters. The van der Waals surface area contributed by atoms with Gasteiger partial charge in [-0.3, -0.25) is 19.9 Å². The van der Waals surface area contributed by atoms with Crippen LogP contribution in [0.4, 0.5) is 4.79 Å². The molecule has 1 aliphatic heterocycles. The van der Waals surface area contributed by atoms with E-state index >= 15 is 0 Å². The van der Waals surface area contributed by atoms with Crippen LogP contribution < -0.4 is 20.1 Å². The Morgan fingerprint density at radius 2 is 1.70 bits per heavy atom. The van der Waals surface area contributed by atoms with Gasteiger partial charge in [-0.1, -0.05) is 13.0 Å². The number of ether oxygens (including phenoxy) is 2. The van der Waals surface area contributed by atoms with E-state index in [0.29, 0.717) is 6.54 Å². The van der Waals surface area contributed by atoms with E-state index in [4.69, 9.17) is 9.47 Å². The number of hydrogen-bond donors (Lipinski definition) is 2. The molecule has 8 nitrogen and oxygen atoms in total. The van der Waals surface area contributed by atoms with Crippen LogP contribution >= 0.6 is 0 Å². The van der Waals surface area contributed by atoms with E-state index in [9.17, 15) is 9.59 Å². The van der Waals surface area contributed by atoms with Crippen LogP contribution in [-0.2, 0) is 11.3 Å². The van der Waals surface area contributed by atoms with Crippen molar-refractivity contribution in [2.75, 3.05) is 53.5 Å². The van der Waals surface area contributed by atoms with E-state index < -0.39 is 6.03 Å². The average Bonchev–Trinajstić information content (AvgIpc) is 2.67. The lowest BCUT2D eigenvalue weighted by molar-refractivity contribution is -0.121. The average molecular weight is 378 g/mol. The highest BCUT2D eigenvalue weighted by molar-refractivity contribution is 5.95. The summed E-state index contributed by atoms with van der Waals surface area (Å²) < 4.78 is 10.6. The van der Waals surface area contributed by atoms with Crippen molar-refractivity contribution in [3.63, 3.8) is 0 Å². The standard InChI is InChI=1S/C19H30N4O4/c1-4-7-20-19(25)21-18(24)14-23-10-8-22(9-11-23)13-15-5-6-16(26-2)17(12-15)27-3/h5-6,12H,4,7-11,13-14H2,1-3H3,(H2,20,21,24,25). The number of hydrogen-bond acceptors (Lipinski definition) is 6. The third-order valence-electron chi connectivity index (χ3n) is 4.47. The monoisotopic (exact) mass is 378 g/mol. The fourth-order valence-corrected chi connectivity index (χ4v) is 2.99. The number of piperazine rings is 1. The molecule has 2 rings (SSSR count). The number of carbonyl (C=O) groups is 2. The minimum absolute atomic E-state index is 0.240. The zero-order chi connectivity index (χ0) is 19.6. The molecule has 0 saturated carbocycles. The Balaban J connectivity index is 1.75. The van der Waals surface area contributed by atoms with Crippen LogP contribution in [0.3, 0.4) is 0 Å². The molecule has 1 aliphatic rings. The van der Waals surface area contributed by atoms with Gasteiger partial charge in [0.15, 0.2) is 11.5 Å². The van der Waals surface area contributed by atoms with Crippen molar-refractivity contribution in [2.45, 2.75) is 19.9 Å². The molecule has 1 fully saturated rings. The minimum Gasteiger partial charge on any atom is -0.493 e. The predicted molar refractivity (Wildman–Crippen MR) is 103 cm³/mol. The summed E-state index contributed by atoms with van der Waals surface area (Å²) in [7, 11) is 3.26. The van der Waals surface area contributed by atoms with Crippen LogP contribution in [0, 0.1) is 0 Å². The van der Waals surface area contributed by atoms with Gasteiger partial charge in [0, 0.05) is 39.3 Å². The van der Waals surface area contributed by atoms with Crippen LogP contribution in [0.2, 0.25) is 0 Å². The third kappa shape index (κ3) is 6.73. The van der Waals surface area contributed by atoms with Crippen molar-refractivity contribution in [3.05, 3.63) is 23.8 Å². The highest BCUT2D eigenvalue weighted by Crippen LogP contribution is 2.28. The molecule has 1 aromatic rings. The van der Waals surface area contributed by atoms with E-state index in [1.54, 1.807) is 14.2 Å². The molecule has 8 heteroatoms. The predicted octanol–water partition coefficient (Wildman–Crippen LogP) is 1.06. The molecule has 0 aliphatic carbocycles. The Labute approximate surface area is 160 Å². The van der Waals surface area contributed by atoms with Gasteiger partial charge in [0.25, 0.3) is 0 Å². The first-order chi connectivity index (χ1) is 13.0. The summed E-state index contributed by atoms with van der Waals surface area (Å²) in [5.41, 5.74) is 1.16. The molecule has 1 saturated heterocycles. The molecule has 27 heavy (non-hydrogen) atoms. The molecule has 0 unspecified atom stereocenters. The number of amides is 3. The lowest BCUT2D eigenvalue weighted by atomic mass is 10.1. The highest BCUT2D eigenvalue weighted by atomic mass is 16.5. The topological polar surface area (TPSA) is 83.1 Å². The molecule has 2 N–H and O–H groups in total. The van der Waals surface area contributed by atoms with Crippen molar-refractivity contribution in [1.82, 2.24) is 20.4 Å². The second-order valence-electron chi connectivity index (χ2n) is 6.55. The van der Waals surface area contributed by atoms with Gasteiger partial charge in [0.05, 0.1) is 20.8 Å². The van der Waals surface area contributed by atoms with Crippen molar-refractivity contribution in [2.24, 2.45) is 0 Å². The molecular formula is C19H30N4O4. The molecule has 0 radical (unpaired) electrons. The van der Waals surface area contributed by atoms with Gasteiger partial charge >= 0.3 is 6.03 Å². The smallest absolute Gasteiger partial charge is 0.321 e. The summed E-state index contributed by atoms with van der Waals surface area (Å²) in [5.74, 6) is 1.18. The second kappa shape index (κ2) is 10.7. The normalized spacial score (nSPS) is 15.2. The van der Waals surface area contributed by atoms with Crippen molar-refractivity contribution in [1.29, 1.82) is 0 Å². The lowest BCUT2D eigenvalue weighted by Crippen LogP contribution is -2.50. The summed E-state index contributed by atoms with van der Waals surface area (Å²) in [6.45, 7) is 6.89. The molecule has 0 bridgehead atoms. The number of imide groups is 1. The summed E-state index contributed by atoms with van der Waals surface area (Å²) in [4.78, 5) is 27.9. The fourth-order valence-electron chi connectivity index (χ4n) is 2.99. The molecule has 0 spiro atoms. The summed E-state index contributed by atoms with van der Waals surface area (Å²) in [6.07, 6.45) is 0.837. The van der Waals surface area contributed by atoms with Crippen LogP contribution in [0.1, 0.15) is 18.9 Å². The van der Waals surface area contributed by atoms with Gasteiger partial charge in [0.1, 0.15) is 0 Å². The van der Waals surface area contributed by atoms with Gasteiger partial charge in [0.2, 0.25) is 5.91 Å². The molecule has 3 amide bonds.